The molecule has 0 unspecified atom stereocenters. The third kappa shape index (κ3) is 2.94. The third-order valence-corrected chi connectivity index (χ3v) is 5.94. The number of hydrogen-bond donors (Lipinski definition) is 2. The molecule has 1 aliphatic carbocycles. The second-order valence-electron chi connectivity index (χ2n) is 6.71. The molecule has 126 valence electrons. The molecule has 1 saturated carbocycles. The van der Waals surface area contributed by atoms with Crippen LogP contribution in [0.1, 0.15) is 44.6 Å². The van der Waals surface area contributed by atoms with E-state index in [0.29, 0.717) is 0 Å². The summed E-state index contributed by atoms with van der Waals surface area (Å²) in [7, 11) is 0. The van der Waals surface area contributed by atoms with Gasteiger partial charge in [0.25, 0.3) is 5.91 Å². The molecule has 4 rings (SSSR count). The summed E-state index contributed by atoms with van der Waals surface area (Å²) in [6.07, 6.45) is 2.15. The van der Waals surface area contributed by atoms with E-state index in [9.17, 15) is 9.90 Å². The standard InChI is InChI=1S/C19H21NO3S/c1-11-2-5-17(24-11)19(22)20-18(14-9-15(21)10-14)13-3-4-16-12(8-13)6-7-23-16/h2-5,8,14-15,18,21H,6-7,9-10H2,1H3,(H,20,22)/t14?,15?,18-/m1/s1. The van der Waals surface area contributed by atoms with Crippen molar-refractivity contribution in [2.45, 2.75) is 38.3 Å². The van der Waals surface area contributed by atoms with E-state index in [2.05, 4.69) is 11.4 Å². The number of thiophene rings is 1. The summed E-state index contributed by atoms with van der Waals surface area (Å²) in [4.78, 5) is 14.5. The van der Waals surface area contributed by atoms with Crippen LogP contribution >= 0.6 is 11.3 Å². The van der Waals surface area contributed by atoms with Gasteiger partial charge in [0.2, 0.25) is 0 Å². The van der Waals surface area contributed by atoms with Crippen molar-refractivity contribution >= 4 is 17.2 Å². The smallest absolute Gasteiger partial charge is 0.261 e. The highest BCUT2D eigenvalue weighted by atomic mass is 32.1. The van der Waals surface area contributed by atoms with Crippen LogP contribution in [0.4, 0.5) is 0 Å². The number of carbonyl (C=O) groups excluding carboxylic acids is 1. The van der Waals surface area contributed by atoms with Crippen LogP contribution in [0.15, 0.2) is 30.3 Å². The predicted molar refractivity (Wildman–Crippen MR) is 93.6 cm³/mol. The van der Waals surface area contributed by atoms with E-state index in [1.54, 1.807) is 0 Å². The van der Waals surface area contributed by atoms with Gasteiger partial charge < -0.3 is 15.2 Å². The number of ether oxygens (including phenoxy) is 1. The molecule has 5 heteroatoms. The molecule has 1 aromatic heterocycles. The first-order valence-corrected chi connectivity index (χ1v) is 9.23. The third-order valence-electron chi connectivity index (χ3n) is 4.94. The van der Waals surface area contributed by atoms with Crippen LogP contribution in [0.25, 0.3) is 0 Å². The zero-order valence-electron chi connectivity index (χ0n) is 13.6. The highest BCUT2D eigenvalue weighted by Gasteiger charge is 2.36. The molecule has 1 aliphatic heterocycles. The lowest BCUT2D eigenvalue weighted by atomic mass is 9.75. The van der Waals surface area contributed by atoms with Gasteiger partial charge in [0.15, 0.2) is 0 Å². The Morgan fingerprint density at radius 1 is 1.33 bits per heavy atom. The monoisotopic (exact) mass is 343 g/mol. The van der Waals surface area contributed by atoms with Gasteiger partial charge in [-0.25, -0.2) is 0 Å². The Labute approximate surface area is 145 Å². The van der Waals surface area contributed by atoms with Crippen LogP contribution < -0.4 is 10.1 Å². The van der Waals surface area contributed by atoms with Gasteiger partial charge in [-0.2, -0.15) is 0 Å². The summed E-state index contributed by atoms with van der Waals surface area (Å²) in [5.74, 6) is 1.20. The average Bonchev–Trinajstić information content (AvgIpc) is 3.17. The lowest BCUT2D eigenvalue weighted by Crippen LogP contribution is -2.41. The summed E-state index contributed by atoms with van der Waals surface area (Å²) >= 11 is 1.51. The van der Waals surface area contributed by atoms with Gasteiger partial charge in [-0.1, -0.05) is 6.07 Å². The summed E-state index contributed by atoms with van der Waals surface area (Å²) in [6.45, 7) is 2.73. The Morgan fingerprint density at radius 3 is 2.88 bits per heavy atom. The number of aliphatic hydroxyl groups is 1. The molecular formula is C19H21NO3S. The van der Waals surface area contributed by atoms with Gasteiger partial charge in [0, 0.05) is 11.3 Å². The summed E-state index contributed by atoms with van der Waals surface area (Å²) in [6, 6.07) is 9.97. The summed E-state index contributed by atoms with van der Waals surface area (Å²) < 4.78 is 5.58. The van der Waals surface area contributed by atoms with Crippen molar-refractivity contribution in [2.24, 2.45) is 5.92 Å². The van der Waals surface area contributed by atoms with Crippen molar-refractivity contribution in [2.75, 3.05) is 6.61 Å². The minimum Gasteiger partial charge on any atom is -0.493 e. The van der Waals surface area contributed by atoms with Crippen LogP contribution in [0.5, 0.6) is 5.75 Å². The number of nitrogens with one attached hydrogen (secondary N) is 1. The Kier molecular flexibility index (Phi) is 4.06. The van der Waals surface area contributed by atoms with Crippen LogP contribution in [-0.4, -0.2) is 23.7 Å². The topological polar surface area (TPSA) is 58.6 Å². The molecule has 24 heavy (non-hydrogen) atoms. The van der Waals surface area contributed by atoms with Crippen molar-refractivity contribution in [3.05, 3.63) is 51.2 Å². The second kappa shape index (κ2) is 6.22. The fourth-order valence-electron chi connectivity index (χ4n) is 3.54. The van der Waals surface area contributed by atoms with Gasteiger partial charge in [0.05, 0.1) is 23.6 Å². The molecule has 2 heterocycles. The maximum absolute atomic E-state index is 12.6. The normalized spacial score (nSPS) is 23.1. The van der Waals surface area contributed by atoms with Gasteiger partial charge in [-0.05, 0) is 61.1 Å². The van der Waals surface area contributed by atoms with Gasteiger partial charge in [-0.15, -0.1) is 11.3 Å². The minimum absolute atomic E-state index is 0.0313. The van der Waals surface area contributed by atoms with Gasteiger partial charge in [0.1, 0.15) is 5.75 Å². The number of benzene rings is 1. The number of rotatable bonds is 4. The molecular weight excluding hydrogens is 322 g/mol. The van der Waals surface area contributed by atoms with E-state index < -0.39 is 0 Å². The van der Waals surface area contributed by atoms with Crippen LogP contribution in [-0.2, 0) is 6.42 Å². The van der Waals surface area contributed by atoms with Crippen molar-refractivity contribution in [3.8, 4) is 5.75 Å². The number of carbonyl (C=O) groups is 1. The molecule has 2 aliphatic rings. The first-order valence-electron chi connectivity index (χ1n) is 8.41. The molecule has 1 fully saturated rings. The molecule has 0 spiro atoms. The summed E-state index contributed by atoms with van der Waals surface area (Å²) in [5, 5.41) is 12.9. The quantitative estimate of drug-likeness (QED) is 0.896. The molecule has 0 bridgehead atoms. The Bertz CT molecular complexity index is 764. The van der Waals surface area contributed by atoms with E-state index in [4.69, 9.17) is 4.74 Å². The van der Waals surface area contributed by atoms with Crippen molar-refractivity contribution in [3.63, 3.8) is 0 Å². The highest BCUT2D eigenvalue weighted by molar-refractivity contribution is 7.13. The Balaban J connectivity index is 1.58. The molecule has 2 aromatic rings. The van der Waals surface area contributed by atoms with E-state index >= 15 is 0 Å². The average molecular weight is 343 g/mol. The number of hydrogen-bond acceptors (Lipinski definition) is 4. The highest BCUT2D eigenvalue weighted by Crippen LogP contribution is 2.40. The van der Waals surface area contributed by atoms with Crippen LogP contribution in [0, 0.1) is 12.8 Å². The SMILES string of the molecule is Cc1ccc(C(=O)N[C@H](c2ccc3c(c2)CCO3)C2CC(O)C2)s1. The summed E-state index contributed by atoms with van der Waals surface area (Å²) in [5.41, 5.74) is 2.32. The molecule has 0 radical (unpaired) electrons. The zero-order valence-corrected chi connectivity index (χ0v) is 14.4. The Morgan fingerprint density at radius 2 is 2.17 bits per heavy atom. The lowest BCUT2D eigenvalue weighted by molar-refractivity contribution is 0.0235. The van der Waals surface area contributed by atoms with Crippen molar-refractivity contribution in [1.82, 2.24) is 5.32 Å². The first-order chi connectivity index (χ1) is 11.6. The van der Waals surface area contributed by atoms with Crippen LogP contribution in [0.2, 0.25) is 0 Å². The molecule has 1 aromatic carbocycles. The van der Waals surface area contributed by atoms with Crippen molar-refractivity contribution in [1.29, 1.82) is 0 Å². The second-order valence-corrected chi connectivity index (χ2v) is 8.00. The number of amides is 1. The fraction of sp³-hybridized carbons (Fsp3) is 0.421. The molecule has 1 atom stereocenters. The zero-order chi connectivity index (χ0) is 16.7. The van der Waals surface area contributed by atoms with Gasteiger partial charge in [-0.3, -0.25) is 4.79 Å². The molecule has 4 nitrogen and oxygen atoms in total. The lowest BCUT2D eigenvalue weighted by Gasteiger charge is -2.38. The van der Waals surface area contributed by atoms with E-state index in [1.807, 2.05) is 31.2 Å². The molecule has 1 amide bonds. The van der Waals surface area contributed by atoms with E-state index in [1.165, 1.54) is 16.9 Å². The molecule has 2 N–H and O–H groups in total. The first kappa shape index (κ1) is 15.7. The number of aryl methyl sites for hydroxylation is 1. The molecule has 0 saturated heterocycles. The minimum atomic E-state index is -0.240. The fourth-order valence-corrected chi connectivity index (χ4v) is 4.31. The maximum atomic E-state index is 12.6. The Hall–Kier alpha value is -1.85. The largest absolute Gasteiger partial charge is 0.493 e. The number of aliphatic hydroxyl groups excluding tert-OH is 1. The number of fused-ring (bicyclic) bond motifs is 1. The van der Waals surface area contributed by atoms with Crippen LogP contribution in [0.3, 0.4) is 0 Å². The maximum Gasteiger partial charge on any atom is 0.261 e. The van der Waals surface area contributed by atoms with Crippen molar-refractivity contribution < 1.29 is 14.6 Å². The van der Waals surface area contributed by atoms with E-state index in [0.717, 1.165) is 46.9 Å². The predicted octanol–water partition coefficient (Wildman–Crippen LogP) is 3.23. The van der Waals surface area contributed by atoms with E-state index in [-0.39, 0.29) is 24.0 Å². The van der Waals surface area contributed by atoms with Gasteiger partial charge >= 0.3 is 0 Å².